The molecule has 0 unspecified atom stereocenters. The Balaban J connectivity index is 0.00000225. The van der Waals surface area contributed by atoms with Gasteiger partial charge in [0.25, 0.3) is 5.91 Å². The summed E-state index contributed by atoms with van der Waals surface area (Å²) in [5, 5.41) is 0. The molecule has 0 saturated carbocycles. The van der Waals surface area contributed by atoms with Crippen LogP contribution in [0.15, 0.2) is 36.5 Å². The second-order valence-electron chi connectivity index (χ2n) is 6.36. The maximum absolute atomic E-state index is 13.8. The van der Waals surface area contributed by atoms with Gasteiger partial charge in [0.05, 0.1) is 11.3 Å². The zero-order valence-electron chi connectivity index (χ0n) is 14.7. The van der Waals surface area contributed by atoms with Gasteiger partial charge in [0.2, 0.25) is 0 Å². The number of nitrogens with one attached hydrogen (secondary N) is 1. The first-order chi connectivity index (χ1) is 11.5. The van der Waals surface area contributed by atoms with Crippen molar-refractivity contribution in [1.82, 2.24) is 9.88 Å². The monoisotopic (exact) mass is 363 g/mol. The maximum Gasteiger partial charge on any atom is 0.259 e. The Kier molecular flexibility index (Phi) is 6.03. The van der Waals surface area contributed by atoms with Crippen LogP contribution in [0.4, 0.5) is 10.1 Å². The van der Waals surface area contributed by atoms with Gasteiger partial charge in [0.15, 0.2) is 0 Å². The summed E-state index contributed by atoms with van der Waals surface area (Å²) in [5.41, 5.74) is 3.77. The Hall–Kier alpha value is -2.11. The normalized spacial score (nSPS) is 15.4. The van der Waals surface area contributed by atoms with Crippen molar-refractivity contribution >= 4 is 35.1 Å². The van der Waals surface area contributed by atoms with E-state index in [0.29, 0.717) is 17.7 Å². The second-order valence-corrected chi connectivity index (χ2v) is 6.36. The molecule has 1 aliphatic heterocycles. The minimum atomic E-state index is -0.325. The van der Waals surface area contributed by atoms with Crippen LogP contribution in [0, 0.1) is 5.82 Å². The zero-order valence-corrected chi connectivity index (χ0v) is 15.5. The molecule has 1 amide bonds. The molecule has 134 valence electrons. The Bertz CT molecular complexity index is 784. The third-order valence-corrected chi connectivity index (χ3v) is 4.34. The van der Waals surface area contributed by atoms with Crippen molar-refractivity contribution in [2.24, 2.45) is 0 Å². The molecule has 1 N–H and O–H groups in total. The van der Waals surface area contributed by atoms with Gasteiger partial charge >= 0.3 is 0 Å². The first kappa shape index (κ1) is 19.2. The lowest BCUT2D eigenvalue weighted by Crippen LogP contribution is -2.29. The molecule has 0 aliphatic carbocycles. The molecule has 2 heterocycles. The van der Waals surface area contributed by atoms with Gasteiger partial charge in [0, 0.05) is 24.0 Å². The highest BCUT2D eigenvalue weighted by atomic mass is 35.5. The van der Waals surface area contributed by atoms with E-state index < -0.39 is 0 Å². The highest BCUT2D eigenvalue weighted by Crippen LogP contribution is 2.40. The molecule has 0 saturated heterocycles. The fraction of sp³-hybridized carbons (Fsp3) is 0.316. The average molecular weight is 364 g/mol. The van der Waals surface area contributed by atoms with Crippen molar-refractivity contribution in [1.29, 1.82) is 0 Å². The standard InChI is InChI=1S/C19H22FN3O.ClH/c1-13(16-6-4-9-21-16)18-15-12-14(20)7-8-17(15)23(19(18)24)11-5-10-22(2)3;/h4,6-9,12,21H,5,10-11H2,1-3H3;1H/b18-13-;. The molecule has 1 aliphatic rings. The van der Waals surface area contributed by atoms with Crippen LogP contribution in [0.5, 0.6) is 0 Å². The van der Waals surface area contributed by atoms with Crippen molar-refractivity contribution in [3.8, 4) is 0 Å². The van der Waals surface area contributed by atoms with Crippen LogP contribution in [0.1, 0.15) is 24.6 Å². The first-order valence-electron chi connectivity index (χ1n) is 8.10. The fourth-order valence-corrected chi connectivity index (χ4v) is 3.13. The van der Waals surface area contributed by atoms with Crippen molar-refractivity contribution in [3.63, 3.8) is 0 Å². The number of hydrogen-bond donors (Lipinski definition) is 1. The summed E-state index contributed by atoms with van der Waals surface area (Å²) in [4.78, 5) is 20.0. The third kappa shape index (κ3) is 3.78. The number of amides is 1. The predicted molar refractivity (Wildman–Crippen MR) is 102 cm³/mol. The Labute approximate surface area is 153 Å². The van der Waals surface area contributed by atoms with Gasteiger partial charge in [0.1, 0.15) is 5.82 Å². The quantitative estimate of drug-likeness (QED) is 0.820. The Morgan fingerprint density at radius 2 is 2.04 bits per heavy atom. The molecule has 2 aromatic rings. The lowest BCUT2D eigenvalue weighted by atomic mass is 10.00. The number of carbonyl (C=O) groups is 1. The predicted octanol–water partition coefficient (Wildman–Crippen LogP) is 3.80. The topological polar surface area (TPSA) is 39.3 Å². The minimum Gasteiger partial charge on any atom is -0.361 e. The number of halogens is 2. The van der Waals surface area contributed by atoms with Gasteiger partial charge in [-0.15, -0.1) is 12.4 Å². The number of anilines is 1. The van der Waals surface area contributed by atoms with E-state index in [1.165, 1.54) is 12.1 Å². The third-order valence-electron chi connectivity index (χ3n) is 4.34. The summed E-state index contributed by atoms with van der Waals surface area (Å²) >= 11 is 0. The molecule has 1 aromatic heterocycles. The highest BCUT2D eigenvalue weighted by molar-refractivity contribution is 6.37. The molecule has 0 atom stereocenters. The highest BCUT2D eigenvalue weighted by Gasteiger charge is 2.34. The van der Waals surface area contributed by atoms with Crippen LogP contribution in [-0.4, -0.2) is 43.0 Å². The molecule has 1 aromatic carbocycles. The Morgan fingerprint density at radius 1 is 1.28 bits per heavy atom. The largest absolute Gasteiger partial charge is 0.361 e. The van der Waals surface area contributed by atoms with Crippen molar-refractivity contribution in [2.45, 2.75) is 13.3 Å². The zero-order chi connectivity index (χ0) is 17.3. The van der Waals surface area contributed by atoms with Gasteiger partial charge in [-0.1, -0.05) is 0 Å². The van der Waals surface area contributed by atoms with Gasteiger partial charge < -0.3 is 14.8 Å². The van der Waals surface area contributed by atoms with Gasteiger partial charge in [-0.3, -0.25) is 4.79 Å². The smallest absolute Gasteiger partial charge is 0.259 e. The number of nitrogens with zero attached hydrogens (tertiary/aromatic N) is 2. The number of aromatic nitrogens is 1. The van der Waals surface area contributed by atoms with Crippen molar-refractivity contribution < 1.29 is 9.18 Å². The summed E-state index contributed by atoms with van der Waals surface area (Å²) in [6.45, 7) is 3.42. The average Bonchev–Trinajstić information content (AvgIpc) is 3.14. The Morgan fingerprint density at radius 3 is 2.68 bits per heavy atom. The van der Waals surface area contributed by atoms with E-state index in [9.17, 15) is 9.18 Å². The number of aromatic amines is 1. The van der Waals surface area contributed by atoms with E-state index in [1.807, 2.05) is 39.3 Å². The van der Waals surface area contributed by atoms with Crippen LogP contribution in [0.3, 0.4) is 0 Å². The van der Waals surface area contributed by atoms with E-state index in [0.717, 1.165) is 29.9 Å². The molecule has 0 radical (unpaired) electrons. The summed E-state index contributed by atoms with van der Waals surface area (Å²) in [6.07, 6.45) is 2.69. The van der Waals surface area contributed by atoms with E-state index >= 15 is 0 Å². The lowest BCUT2D eigenvalue weighted by molar-refractivity contribution is -0.113. The maximum atomic E-state index is 13.8. The van der Waals surface area contributed by atoms with E-state index in [-0.39, 0.29) is 24.1 Å². The lowest BCUT2D eigenvalue weighted by Gasteiger charge is -2.18. The molecular weight excluding hydrogens is 341 g/mol. The summed E-state index contributed by atoms with van der Waals surface area (Å²) in [6, 6.07) is 8.38. The molecule has 4 nitrogen and oxygen atoms in total. The SMILES string of the molecule is C/C(=C1/C(=O)N(CCCN(C)C)c2ccc(F)cc21)c1ccc[nH]1.Cl. The van der Waals surface area contributed by atoms with Crippen LogP contribution in [-0.2, 0) is 4.79 Å². The van der Waals surface area contributed by atoms with Crippen LogP contribution < -0.4 is 4.90 Å². The van der Waals surface area contributed by atoms with Crippen molar-refractivity contribution in [2.75, 3.05) is 32.1 Å². The van der Waals surface area contributed by atoms with E-state index in [1.54, 1.807) is 11.0 Å². The van der Waals surface area contributed by atoms with Crippen LogP contribution in [0.25, 0.3) is 11.1 Å². The number of carbonyl (C=O) groups excluding carboxylic acids is 1. The number of H-pyrrole nitrogens is 1. The molecule has 25 heavy (non-hydrogen) atoms. The second kappa shape index (κ2) is 7.85. The minimum absolute atomic E-state index is 0. The van der Waals surface area contributed by atoms with Crippen molar-refractivity contribution in [3.05, 3.63) is 53.6 Å². The molecule has 0 spiro atoms. The van der Waals surface area contributed by atoms with Crippen LogP contribution in [0.2, 0.25) is 0 Å². The molecule has 0 bridgehead atoms. The molecule has 6 heteroatoms. The number of fused-ring (bicyclic) bond motifs is 1. The van der Waals surface area contributed by atoms with Gasteiger partial charge in [-0.05, 0) is 69.9 Å². The number of benzene rings is 1. The number of allylic oxidation sites excluding steroid dienone is 1. The summed E-state index contributed by atoms with van der Waals surface area (Å²) in [7, 11) is 4.02. The van der Waals surface area contributed by atoms with E-state index in [4.69, 9.17) is 0 Å². The number of rotatable bonds is 5. The number of hydrogen-bond acceptors (Lipinski definition) is 2. The van der Waals surface area contributed by atoms with Crippen LogP contribution >= 0.6 is 12.4 Å². The first-order valence-corrected chi connectivity index (χ1v) is 8.10. The van der Waals surface area contributed by atoms with E-state index in [2.05, 4.69) is 9.88 Å². The molecule has 3 rings (SSSR count). The molecule has 0 fully saturated rings. The summed E-state index contributed by atoms with van der Waals surface area (Å²) < 4.78 is 13.8. The van der Waals surface area contributed by atoms with Gasteiger partial charge in [-0.2, -0.15) is 0 Å². The fourth-order valence-electron chi connectivity index (χ4n) is 3.13. The summed E-state index contributed by atoms with van der Waals surface area (Å²) in [5.74, 6) is -0.380. The molecular formula is C19H23ClFN3O. The van der Waals surface area contributed by atoms with Gasteiger partial charge in [-0.25, -0.2) is 4.39 Å².